The number of nitrogens with zero attached hydrogens (tertiary/aromatic N) is 1. The predicted octanol–water partition coefficient (Wildman–Crippen LogP) is 3.69. The Labute approximate surface area is 127 Å². The molecule has 2 aromatic rings. The second kappa shape index (κ2) is 6.42. The van der Waals surface area contributed by atoms with Crippen molar-refractivity contribution < 1.29 is 5.11 Å². The summed E-state index contributed by atoms with van der Waals surface area (Å²) in [7, 11) is 0. The fourth-order valence-electron chi connectivity index (χ4n) is 3.08. The number of aliphatic hydroxyl groups is 1. The molecule has 0 saturated heterocycles. The first kappa shape index (κ1) is 14.3. The van der Waals surface area contributed by atoms with Gasteiger partial charge in [-0.25, -0.2) is 0 Å². The summed E-state index contributed by atoms with van der Waals surface area (Å²) in [5.74, 6) is 0. The van der Waals surface area contributed by atoms with Crippen molar-refractivity contribution in [2.24, 2.45) is 0 Å². The quantitative estimate of drug-likeness (QED) is 0.903. The van der Waals surface area contributed by atoms with Crippen molar-refractivity contribution in [1.82, 2.24) is 4.90 Å². The summed E-state index contributed by atoms with van der Waals surface area (Å²) in [6.07, 6.45) is 1.86. The fraction of sp³-hybridized carbons (Fsp3) is 0.368. The van der Waals surface area contributed by atoms with E-state index in [4.69, 9.17) is 0 Å². The minimum absolute atomic E-state index is 0.407. The molecule has 0 amide bonds. The van der Waals surface area contributed by atoms with Crippen molar-refractivity contribution >= 4 is 0 Å². The van der Waals surface area contributed by atoms with Crippen LogP contribution in [0.3, 0.4) is 0 Å². The van der Waals surface area contributed by atoms with E-state index in [1.54, 1.807) is 0 Å². The lowest BCUT2D eigenvalue weighted by atomic mass is 10.0. The molecule has 21 heavy (non-hydrogen) atoms. The van der Waals surface area contributed by atoms with Crippen LogP contribution in [0.4, 0.5) is 0 Å². The summed E-state index contributed by atoms with van der Waals surface area (Å²) in [5.41, 5.74) is 5.15. The second-order valence-electron chi connectivity index (χ2n) is 5.95. The molecule has 0 aliphatic carbocycles. The van der Waals surface area contributed by atoms with Gasteiger partial charge in [-0.2, -0.15) is 0 Å². The third-order valence-electron chi connectivity index (χ3n) is 4.24. The van der Waals surface area contributed by atoms with Crippen molar-refractivity contribution in [3.05, 3.63) is 70.8 Å². The average molecular weight is 281 g/mol. The highest BCUT2D eigenvalue weighted by Gasteiger charge is 2.21. The summed E-state index contributed by atoms with van der Waals surface area (Å²) >= 11 is 0. The standard InChI is InChI=1S/C19H23NO/c1-2-5-15-8-10-16(11-9-15)19(21)14-20-12-17-6-3-4-7-18(17)13-20/h3-4,6-11,19,21H,2,5,12-14H2,1H3. The van der Waals surface area contributed by atoms with Crippen LogP contribution >= 0.6 is 0 Å². The highest BCUT2D eigenvalue weighted by Crippen LogP contribution is 2.25. The molecule has 0 aromatic heterocycles. The minimum atomic E-state index is -0.407. The average Bonchev–Trinajstić information content (AvgIpc) is 2.90. The molecule has 1 aliphatic heterocycles. The minimum Gasteiger partial charge on any atom is -0.387 e. The maximum atomic E-state index is 10.4. The van der Waals surface area contributed by atoms with E-state index in [0.717, 1.165) is 31.5 Å². The van der Waals surface area contributed by atoms with Gasteiger partial charge in [0.05, 0.1) is 6.10 Å². The number of β-amino-alcohol motifs (C(OH)–C–C–N with tert-alkyl or cyclic N) is 1. The van der Waals surface area contributed by atoms with E-state index in [-0.39, 0.29) is 0 Å². The molecular formula is C19H23NO. The number of hydrogen-bond donors (Lipinski definition) is 1. The number of aryl methyl sites for hydroxylation is 1. The molecule has 0 radical (unpaired) electrons. The van der Waals surface area contributed by atoms with Gasteiger partial charge in [0.1, 0.15) is 0 Å². The Kier molecular flexibility index (Phi) is 4.37. The van der Waals surface area contributed by atoms with Crippen molar-refractivity contribution in [1.29, 1.82) is 0 Å². The van der Waals surface area contributed by atoms with Crippen molar-refractivity contribution in [2.75, 3.05) is 6.54 Å². The Balaban J connectivity index is 1.61. The first-order valence-electron chi connectivity index (χ1n) is 7.82. The smallest absolute Gasteiger partial charge is 0.0917 e. The molecule has 1 heterocycles. The topological polar surface area (TPSA) is 23.5 Å². The van der Waals surface area contributed by atoms with Crippen LogP contribution in [0.2, 0.25) is 0 Å². The summed E-state index contributed by atoms with van der Waals surface area (Å²) in [6, 6.07) is 17.0. The first-order valence-corrected chi connectivity index (χ1v) is 7.82. The van der Waals surface area contributed by atoms with Crippen LogP contribution in [0, 0.1) is 0 Å². The Morgan fingerprint density at radius 2 is 1.62 bits per heavy atom. The molecular weight excluding hydrogens is 258 g/mol. The van der Waals surface area contributed by atoms with E-state index in [2.05, 4.69) is 60.4 Å². The molecule has 3 rings (SSSR count). The molecule has 1 N–H and O–H groups in total. The van der Waals surface area contributed by atoms with Crippen LogP contribution in [0.15, 0.2) is 48.5 Å². The molecule has 0 bridgehead atoms. The van der Waals surface area contributed by atoms with Crippen LogP contribution in [0.1, 0.15) is 41.7 Å². The van der Waals surface area contributed by atoms with Crippen LogP contribution in [0.5, 0.6) is 0 Å². The Bertz CT molecular complexity index is 566. The summed E-state index contributed by atoms with van der Waals surface area (Å²) in [5, 5.41) is 10.4. The van der Waals surface area contributed by atoms with E-state index in [1.807, 2.05) is 0 Å². The largest absolute Gasteiger partial charge is 0.387 e. The van der Waals surface area contributed by atoms with Gasteiger partial charge in [-0.3, -0.25) is 4.90 Å². The Morgan fingerprint density at radius 3 is 2.19 bits per heavy atom. The van der Waals surface area contributed by atoms with Gasteiger partial charge in [0.25, 0.3) is 0 Å². The van der Waals surface area contributed by atoms with E-state index >= 15 is 0 Å². The van der Waals surface area contributed by atoms with E-state index in [9.17, 15) is 5.11 Å². The highest BCUT2D eigenvalue weighted by molar-refractivity contribution is 5.30. The number of benzene rings is 2. The van der Waals surface area contributed by atoms with Crippen molar-refractivity contribution in [3.8, 4) is 0 Å². The zero-order chi connectivity index (χ0) is 14.7. The van der Waals surface area contributed by atoms with Crippen LogP contribution in [-0.4, -0.2) is 16.6 Å². The molecule has 2 heteroatoms. The zero-order valence-electron chi connectivity index (χ0n) is 12.6. The monoisotopic (exact) mass is 281 g/mol. The van der Waals surface area contributed by atoms with E-state index < -0.39 is 6.10 Å². The highest BCUT2D eigenvalue weighted by atomic mass is 16.3. The molecule has 1 atom stereocenters. The van der Waals surface area contributed by atoms with Gasteiger partial charge < -0.3 is 5.11 Å². The van der Waals surface area contributed by atoms with E-state index in [1.165, 1.54) is 16.7 Å². The van der Waals surface area contributed by atoms with Gasteiger partial charge in [0.2, 0.25) is 0 Å². The molecule has 1 aliphatic rings. The molecule has 110 valence electrons. The lowest BCUT2D eigenvalue weighted by Gasteiger charge is -2.20. The van der Waals surface area contributed by atoms with Crippen LogP contribution in [0.25, 0.3) is 0 Å². The van der Waals surface area contributed by atoms with Gasteiger partial charge in [-0.15, -0.1) is 0 Å². The second-order valence-corrected chi connectivity index (χ2v) is 5.95. The van der Waals surface area contributed by atoms with Crippen molar-refractivity contribution in [2.45, 2.75) is 39.0 Å². The summed E-state index contributed by atoms with van der Waals surface area (Å²) in [6.45, 7) is 4.78. The number of fused-ring (bicyclic) bond motifs is 1. The molecule has 0 saturated carbocycles. The van der Waals surface area contributed by atoms with Gasteiger partial charge in [-0.05, 0) is 28.7 Å². The maximum absolute atomic E-state index is 10.4. The third kappa shape index (κ3) is 3.34. The number of aliphatic hydroxyl groups excluding tert-OH is 1. The molecule has 2 nitrogen and oxygen atoms in total. The molecule has 2 aromatic carbocycles. The molecule has 0 fully saturated rings. The predicted molar refractivity (Wildman–Crippen MR) is 86.0 cm³/mol. The lowest BCUT2D eigenvalue weighted by molar-refractivity contribution is 0.112. The van der Waals surface area contributed by atoms with Gasteiger partial charge >= 0.3 is 0 Å². The molecule has 0 spiro atoms. The van der Waals surface area contributed by atoms with Crippen LogP contribution < -0.4 is 0 Å². The first-order chi connectivity index (χ1) is 10.3. The maximum Gasteiger partial charge on any atom is 0.0917 e. The van der Waals surface area contributed by atoms with E-state index in [0.29, 0.717) is 6.54 Å². The Morgan fingerprint density at radius 1 is 1.00 bits per heavy atom. The third-order valence-corrected chi connectivity index (χ3v) is 4.24. The normalized spacial score (nSPS) is 15.9. The van der Waals surface area contributed by atoms with Crippen molar-refractivity contribution in [3.63, 3.8) is 0 Å². The van der Waals surface area contributed by atoms with Gasteiger partial charge in [0, 0.05) is 19.6 Å². The van der Waals surface area contributed by atoms with Gasteiger partial charge in [0.15, 0.2) is 0 Å². The number of rotatable bonds is 5. The SMILES string of the molecule is CCCc1ccc(C(O)CN2Cc3ccccc3C2)cc1. The van der Waals surface area contributed by atoms with Crippen LogP contribution in [-0.2, 0) is 19.5 Å². The summed E-state index contributed by atoms with van der Waals surface area (Å²) < 4.78 is 0. The Hall–Kier alpha value is -1.64. The zero-order valence-corrected chi connectivity index (χ0v) is 12.6. The molecule has 1 unspecified atom stereocenters. The summed E-state index contributed by atoms with van der Waals surface area (Å²) in [4.78, 5) is 2.31. The lowest BCUT2D eigenvalue weighted by Crippen LogP contribution is -2.23. The fourth-order valence-corrected chi connectivity index (χ4v) is 3.08. The number of hydrogen-bond acceptors (Lipinski definition) is 2. The van der Waals surface area contributed by atoms with Gasteiger partial charge in [-0.1, -0.05) is 61.9 Å².